The van der Waals surface area contributed by atoms with Gasteiger partial charge in [-0.1, -0.05) is 0 Å². The normalized spacial score (nSPS) is 21.8. The summed E-state index contributed by atoms with van der Waals surface area (Å²) in [7, 11) is 0. The van der Waals surface area contributed by atoms with Gasteiger partial charge in [0.25, 0.3) is 11.6 Å². The Kier molecular flexibility index (Phi) is 3.69. The van der Waals surface area contributed by atoms with Crippen molar-refractivity contribution in [2.24, 2.45) is 5.92 Å². The van der Waals surface area contributed by atoms with Gasteiger partial charge in [-0.15, -0.1) is 0 Å². The molecule has 1 aliphatic heterocycles. The second-order valence-corrected chi connectivity index (χ2v) is 4.88. The van der Waals surface area contributed by atoms with Crippen LogP contribution >= 0.6 is 0 Å². The van der Waals surface area contributed by atoms with Gasteiger partial charge in [0.1, 0.15) is 0 Å². The van der Waals surface area contributed by atoms with E-state index in [1.807, 2.05) is 0 Å². The number of benzene rings is 1. The van der Waals surface area contributed by atoms with Crippen molar-refractivity contribution in [1.82, 2.24) is 4.90 Å². The zero-order valence-corrected chi connectivity index (χ0v) is 10.9. The number of hydrogen-bond donors (Lipinski definition) is 1. The topological polar surface area (TPSA) is 101 Å². The van der Waals surface area contributed by atoms with Crippen molar-refractivity contribution in [3.63, 3.8) is 0 Å². The predicted molar refractivity (Wildman–Crippen MR) is 69.3 cm³/mol. The molecule has 1 saturated heterocycles. The molecule has 1 aromatic rings. The van der Waals surface area contributed by atoms with Crippen molar-refractivity contribution < 1.29 is 19.6 Å². The van der Waals surface area contributed by atoms with Crippen LogP contribution in [0.15, 0.2) is 24.3 Å². The largest absolute Gasteiger partial charge is 0.481 e. The molecule has 2 atom stereocenters. The minimum Gasteiger partial charge on any atom is -0.481 e. The van der Waals surface area contributed by atoms with Gasteiger partial charge in [0.2, 0.25) is 0 Å². The number of amides is 1. The van der Waals surface area contributed by atoms with E-state index in [9.17, 15) is 19.7 Å². The first-order valence-corrected chi connectivity index (χ1v) is 6.18. The summed E-state index contributed by atoms with van der Waals surface area (Å²) >= 11 is 0. The number of nitrogens with zero attached hydrogens (tertiary/aromatic N) is 2. The molecule has 0 radical (unpaired) electrons. The number of aliphatic carboxylic acids is 1. The molecule has 1 aromatic carbocycles. The lowest BCUT2D eigenvalue weighted by molar-refractivity contribution is -0.384. The average molecular weight is 278 g/mol. The van der Waals surface area contributed by atoms with E-state index < -0.39 is 16.8 Å². The predicted octanol–water partition coefficient (Wildman–Crippen LogP) is 1.53. The van der Waals surface area contributed by atoms with Gasteiger partial charge in [-0.25, -0.2) is 0 Å². The first-order valence-electron chi connectivity index (χ1n) is 6.18. The third kappa shape index (κ3) is 2.61. The molecule has 20 heavy (non-hydrogen) atoms. The van der Waals surface area contributed by atoms with Gasteiger partial charge in [-0.2, -0.15) is 0 Å². The van der Waals surface area contributed by atoms with E-state index in [2.05, 4.69) is 0 Å². The molecule has 1 amide bonds. The lowest BCUT2D eigenvalue weighted by Crippen LogP contribution is -2.34. The molecule has 0 aliphatic carbocycles. The Morgan fingerprint density at radius 1 is 1.35 bits per heavy atom. The molecule has 7 heteroatoms. The number of rotatable bonds is 3. The number of carbonyl (C=O) groups excluding carboxylic acids is 1. The minimum atomic E-state index is -0.907. The molecule has 0 unspecified atom stereocenters. The van der Waals surface area contributed by atoms with Crippen molar-refractivity contribution in [3.05, 3.63) is 39.9 Å². The van der Waals surface area contributed by atoms with Crippen LogP contribution < -0.4 is 0 Å². The maximum atomic E-state index is 12.3. The summed E-state index contributed by atoms with van der Waals surface area (Å²) in [6, 6.07) is 5.16. The quantitative estimate of drug-likeness (QED) is 0.667. The smallest absolute Gasteiger partial charge is 0.308 e. The van der Waals surface area contributed by atoms with Crippen molar-refractivity contribution in [2.75, 3.05) is 6.54 Å². The lowest BCUT2D eigenvalue weighted by Gasteiger charge is -2.21. The molecule has 106 valence electrons. The Morgan fingerprint density at radius 3 is 2.40 bits per heavy atom. The first kappa shape index (κ1) is 14.0. The fourth-order valence-corrected chi connectivity index (χ4v) is 2.38. The van der Waals surface area contributed by atoms with Crippen LogP contribution in [0.5, 0.6) is 0 Å². The Labute approximate surface area is 115 Å². The number of carboxylic acid groups (broad SMARTS) is 1. The molecule has 7 nitrogen and oxygen atoms in total. The van der Waals surface area contributed by atoms with Crippen LogP contribution in [0.25, 0.3) is 0 Å². The Balaban J connectivity index is 2.15. The number of hydrogen-bond acceptors (Lipinski definition) is 4. The molecule has 0 bridgehead atoms. The summed E-state index contributed by atoms with van der Waals surface area (Å²) < 4.78 is 0. The van der Waals surface area contributed by atoms with E-state index in [-0.39, 0.29) is 24.2 Å². The van der Waals surface area contributed by atoms with Crippen LogP contribution in [-0.2, 0) is 4.79 Å². The van der Waals surface area contributed by atoms with E-state index in [1.54, 1.807) is 6.92 Å². The maximum Gasteiger partial charge on any atom is 0.308 e. The molecular formula is C13H14N2O5. The van der Waals surface area contributed by atoms with E-state index in [0.717, 1.165) is 0 Å². The summed E-state index contributed by atoms with van der Waals surface area (Å²) in [5.41, 5.74) is 0.243. The second-order valence-electron chi connectivity index (χ2n) is 4.88. The maximum absolute atomic E-state index is 12.3. The first-order chi connectivity index (χ1) is 9.40. The van der Waals surface area contributed by atoms with Gasteiger partial charge in [-0.05, 0) is 25.5 Å². The highest BCUT2D eigenvalue weighted by Gasteiger charge is 2.36. The molecule has 1 fully saturated rings. The molecule has 1 N–H and O–H groups in total. The monoisotopic (exact) mass is 278 g/mol. The molecule has 2 rings (SSSR count). The van der Waals surface area contributed by atoms with Crippen LogP contribution in [0.4, 0.5) is 5.69 Å². The van der Waals surface area contributed by atoms with Gasteiger partial charge in [-0.3, -0.25) is 19.7 Å². The molecular weight excluding hydrogens is 264 g/mol. The number of carboxylic acids is 1. The third-order valence-corrected chi connectivity index (χ3v) is 3.51. The van der Waals surface area contributed by atoms with Gasteiger partial charge in [0, 0.05) is 30.3 Å². The number of nitro groups is 1. The summed E-state index contributed by atoms with van der Waals surface area (Å²) in [6.45, 7) is 1.97. The van der Waals surface area contributed by atoms with Crippen molar-refractivity contribution >= 4 is 17.6 Å². The van der Waals surface area contributed by atoms with Gasteiger partial charge in [0.15, 0.2) is 0 Å². The van der Waals surface area contributed by atoms with Crippen LogP contribution in [0.3, 0.4) is 0 Å². The van der Waals surface area contributed by atoms with Crippen LogP contribution in [0.1, 0.15) is 23.7 Å². The van der Waals surface area contributed by atoms with Crippen LogP contribution in [0, 0.1) is 16.0 Å². The molecule has 0 saturated carbocycles. The molecule has 1 aliphatic rings. The number of non-ortho nitro benzene ring substituents is 1. The second kappa shape index (κ2) is 5.28. The van der Waals surface area contributed by atoms with Gasteiger partial charge < -0.3 is 10.0 Å². The third-order valence-electron chi connectivity index (χ3n) is 3.51. The minimum absolute atomic E-state index is 0.0839. The fraction of sp³-hybridized carbons (Fsp3) is 0.385. The lowest BCUT2D eigenvalue weighted by atomic mass is 10.1. The molecule has 0 spiro atoms. The summed E-state index contributed by atoms with van der Waals surface area (Å²) in [5, 5.41) is 19.5. The highest BCUT2D eigenvalue weighted by Crippen LogP contribution is 2.25. The zero-order valence-electron chi connectivity index (χ0n) is 10.9. The van der Waals surface area contributed by atoms with Crippen LogP contribution in [-0.4, -0.2) is 39.4 Å². The summed E-state index contributed by atoms with van der Waals surface area (Å²) in [5.74, 6) is -1.75. The Hall–Kier alpha value is -2.44. The van der Waals surface area contributed by atoms with E-state index >= 15 is 0 Å². The number of carbonyl (C=O) groups is 2. The summed E-state index contributed by atoms with van der Waals surface area (Å²) in [4.78, 5) is 34.7. The fourth-order valence-electron chi connectivity index (χ4n) is 2.38. The summed E-state index contributed by atoms with van der Waals surface area (Å²) in [6.07, 6.45) is 0.425. The van der Waals surface area contributed by atoms with Gasteiger partial charge >= 0.3 is 5.97 Å². The highest BCUT2D eigenvalue weighted by atomic mass is 16.6. The zero-order chi connectivity index (χ0) is 14.9. The molecule has 0 aromatic heterocycles. The van der Waals surface area contributed by atoms with E-state index in [0.29, 0.717) is 12.0 Å². The van der Waals surface area contributed by atoms with E-state index in [4.69, 9.17) is 5.11 Å². The SMILES string of the molecule is C[C@@H]1C[C@@H](C(=O)O)CN1C(=O)c1ccc([N+](=O)[O-])cc1. The van der Waals surface area contributed by atoms with Crippen molar-refractivity contribution in [1.29, 1.82) is 0 Å². The van der Waals surface area contributed by atoms with Crippen LogP contribution in [0.2, 0.25) is 0 Å². The standard InChI is InChI=1S/C13H14N2O5/c1-8-6-10(13(17)18)7-14(8)12(16)9-2-4-11(5-3-9)15(19)20/h2-5,8,10H,6-7H2,1H3,(H,17,18)/t8-,10-/m1/s1. The Bertz CT molecular complexity index is 554. The van der Waals surface area contributed by atoms with Gasteiger partial charge in [0.05, 0.1) is 10.8 Å². The average Bonchev–Trinajstić information content (AvgIpc) is 2.80. The number of likely N-dealkylation sites (tertiary alicyclic amines) is 1. The Morgan fingerprint density at radius 2 is 1.95 bits per heavy atom. The highest BCUT2D eigenvalue weighted by molar-refractivity contribution is 5.95. The number of nitro benzene ring substituents is 1. The van der Waals surface area contributed by atoms with E-state index in [1.165, 1.54) is 29.2 Å². The van der Waals surface area contributed by atoms with Crippen molar-refractivity contribution in [3.8, 4) is 0 Å². The molecule has 1 heterocycles. The van der Waals surface area contributed by atoms with Crippen molar-refractivity contribution in [2.45, 2.75) is 19.4 Å².